The number of carbonyl (C=O) groups is 1. The molecule has 2 aromatic carbocycles. The Morgan fingerprint density at radius 1 is 1.14 bits per heavy atom. The molecule has 0 saturated carbocycles. The second-order valence-corrected chi connectivity index (χ2v) is 9.87. The topological polar surface area (TPSA) is 48.4 Å². The molecule has 150 valence electrons. The van der Waals surface area contributed by atoms with Gasteiger partial charge in [-0.05, 0) is 42.0 Å². The highest BCUT2D eigenvalue weighted by molar-refractivity contribution is 8.19. The largest absolute Gasteiger partial charge is 0.493 e. The van der Waals surface area contributed by atoms with Crippen molar-refractivity contribution in [2.75, 3.05) is 18.6 Å². The molecule has 0 spiro atoms. The fourth-order valence-corrected chi connectivity index (χ4v) is 6.55. The van der Waals surface area contributed by atoms with Crippen molar-refractivity contribution >= 4 is 40.8 Å². The fraction of sp³-hybridized carbons (Fsp3) is 0.238. The first kappa shape index (κ1) is 20.3. The minimum absolute atomic E-state index is 0.0525. The van der Waals surface area contributed by atoms with Gasteiger partial charge in [-0.3, -0.25) is 4.79 Å². The highest BCUT2D eigenvalue weighted by Crippen LogP contribution is 2.47. The molecule has 3 aromatic rings. The number of thioether (sulfide) groups is 2. The zero-order valence-electron chi connectivity index (χ0n) is 15.6. The van der Waals surface area contributed by atoms with Crippen molar-refractivity contribution in [3.8, 4) is 22.1 Å². The predicted octanol–water partition coefficient (Wildman–Crippen LogP) is 5.58. The number of hydrogen-bond donors (Lipinski definition) is 0. The third kappa shape index (κ3) is 4.94. The maximum absolute atomic E-state index is 13.1. The first-order valence-electron chi connectivity index (χ1n) is 8.94. The summed E-state index contributed by atoms with van der Waals surface area (Å²) in [6.07, 6.45) is 0.0525. The Balaban J connectivity index is 1.42. The summed E-state index contributed by atoms with van der Waals surface area (Å²) in [5.41, 5.74) is 2.60. The quantitative estimate of drug-likeness (QED) is 0.363. The van der Waals surface area contributed by atoms with Crippen LogP contribution in [0, 0.1) is 5.82 Å². The van der Waals surface area contributed by atoms with Crippen LogP contribution < -0.4 is 9.47 Å². The number of hydrogen-bond acceptors (Lipinski definition) is 7. The first-order chi connectivity index (χ1) is 14.1. The molecule has 0 amide bonds. The van der Waals surface area contributed by atoms with Gasteiger partial charge in [-0.15, -0.1) is 34.9 Å². The molecule has 1 aliphatic rings. The lowest BCUT2D eigenvalue weighted by Gasteiger charge is -2.13. The highest BCUT2D eigenvalue weighted by atomic mass is 32.2. The lowest BCUT2D eigenvalue weighted by Crippen LogP contribution is -2.12. The van der Waals surface area contributed by atoms with E-state index in [1.807, 2.05) is 41.0 Å². The van der Waals surface area contributed by atoms with E-state index < -0.39 is 5.97 Å². The number of esters is 1. The van der Waals surface area contributed by atoms with Gasteiger partial charge in [0.25, 0.3) is 0 Å². The van der Waals surface area contributed by atoms with Crippen LogP contribution in [0.2, 0.25) is 0 Å². The van der Waals surface area contributed by atoms with Gasteiger partial charge in [-0.25, -0.2) is 9.37 Å². The summed E-state index contributed by atoms with van der Waals surface area (Å²) in [5.74, 6) is 2.54. The van der Waals surface area contributed by atoms with E-state index in [0.29, 0.717) is 21.8 Å². The number of benzene rings is 2. The van der Waals surface area contributed by atoms with E-state index in [9.17, 15) is 9.18 Å². The molecule has 4 rings (SSSR count). The molecule has 1 saturated heterocycles. The smallest absolute Gasteiger partial charge is 0.317 e. The van der Waals surface area contributed by atoms with Crippen LogP contribution >= 0.6 is 34.9 Å². The number of ether oxygens (including phenoxy) is 2. The van der Waals surface area contributed by atoms with Gasteiger partial charge < -0.3 is 9.47 Å². The first-order valence-corrected chi connectivity index (χ1v) is 11.9. The summed E-state index contributed by atoms with van der Waals surface area (Å²) in [5, 5.41) is 2.55. The van der Waals surface area contributed by atoms with Crippen LogP contribution in [0.1, 0.15) is 15.8 Å². The highest BCUT2D eigenvalue weighted by Gasteiger charge is 2.21. The fourth-order valence-electron chi connectivity index (χ4n) is 2.89. The third-order valence-corrected chi connectivity index (χ3v) is 8.32. The van der Waals surface area contributed by atoms with Gasteiger partial charge in [0.05, 0.1) is 23.8 Å². The van der Waals surface area contributed by atoms with Crippen molar-refractivity contribution in [1.29, 1.82) is 0 Å². The molecule has 1 aromatic heterocycles. The Hall–Kier alpha value is -2.03. The molecule has 0 bridgehead atoms. The second-order valence-electron chi connectivity index (χ2n) is 6.29. The number of rotatable bonds is 6. The predicted molar refractivity (Wildman–Crippen MR) is 117 cm³/mol. The molecule has 1 aliphatic heterocycles. The second kappa shape index (κ2) is 9.19. The van der Waals surface area contributed by atoms with Crippen LogP contribution in [0.4, 0.5) is 4.39 Å². The average Bonchev–Trinajstić information content (AvgIpc) is 3.41. The molecule has 0 N–H and O–H groups in total. The summed E-state index contributed by atoms with van der Waals surface area (Å²) < 4.78 is 24.4. The number of thiazole rings is 1. The van der Waals surface area contributed by atoms with Crippen molar-refractivity contribution in [1.82, 2.24) is 4.98 Å². The molecule has 0 atom stereocenters. The normalized spacial score (nSPS) is 14.1. The Morgan fingerprint density at radius 2 is 1.90 bits per heavy atom. The van der Waals surface area contributed by atoms with Crippen LogP contribution in [0.15, 0.2) is 47.8 Å². The molecule has 0 radical (unpaired) electrons. The Labute approximate surface area is 180 Å². The minimum Gasteiger partial charge on any atom is -0.493 e. The maximum Gasteiger partial charge on any atom is 0.317 e. The zero-order chi connectivity index (χ0) is 20.2. The summed E-state index contributed by atoms with van der Waals surface area (Å²) in [7, 11) is 1.57. The summed E-state index contributed by atoms with van der Waals surface area (Å²) in [6, 6.07) is 11.8. The van der Waals surface area contributed by atoms with Crippen LogP contribution in [0.5, 0.6) is 11.5 Å². The lowest BCUT2D eigenvalue weighted by atomic mass is 10.2. The van der Waals surface area contributed by atoms with Crippen molar-refractivity contribution < 1.29 is 18.7 Å². The number of halogens is 1. The number of nitrogens with zero attached hydrogens (tertiary/aromatic N) is 1. The number of carbonyl (C=O) groups excluding carboxylic acids is 1. The van der Waals surface area contributed by atoms with E-state index in [-0.39, 0.29) is 12.2 Å². The summed E-state index contributed by atoms with van der Waals surface area (Å²) >= 11 is 5.23. The maximum atomic E-state index is 13.1. The number of methoxy groups -OCH3 is 1. The van der Waals surface area contributed by atoms with Crippen LogP contribution in [-0.2, 0) is 11.2 Å². The Kier molecular flexibility index (Phi) is 6.42. The van der Waals surface area contributed by atoms with E-state index in [4.69, 9.17) is 9.47 Å². The van der Waals surface area contributed by atoms with Gasteiger partial charge in [0.15, 0.2) is 11.5 Å². The average molecular weight is 448 g/mol. The molecular weight excluding hydrogens is 429 g/mol. The van der Waals surface area contributed by atoms with Crippen molar-refractivity contribution in [2.24, 2.45) is 0 Å². The van der Waals surface area contributed by atoms with Gasteiger partial charge in [0.1, 0.15) is 10.8 Å². The standard InChI is InChI=1S/C21H18FNO3S3/c1-25-18-10-14(21-27-8-9-28-21)4-7-17(18)26-19(24)11-16-12-29-20(23-16)13-2-5-15(22)6-3-13/h2-7,10,12,21H,8-9,11H2,1H3. The Morgan fingerprint density at radius 3 is 2.62 bits per heavy atom. The summed E-state index contributed by atoms with van der Waals surface area (Å²) in [4.78, 5) is 16.9. The van der Waals surface area contributed by atoms with Crippen LogP contribution in [0.25, 0.3) is 10.6 Å². The lowest BCUT2D eigenvalue weighted by molar-refractivity contribution is -0.133. The van der Waals surface area contributed by atoms with E-state index in [1.54, 1.807) is 25.3 Å². The van der Waals surface area contributed by atoms with Crippen molar-refractivity contribution in [2.45, 2.75) is 11.0 Å². The van der Waals surface area contributed by atoms with E-state index in [0.717, 1.165) is 27.6 Å². The van der Waals surface area contributed by atoms with Gasteiger partial charge >= 0.3 is 5.97 Å². The van der Waals surface area contributed by atoms with Crippen molar-refractivity contribution in [3.05, 3.63) is 64.9 Å². The van der Waals surface area contributed by atoms with Gasteiger partial charge in [0.2, 0.25) is 0 Å². The van der Waals surface area contributed by atoms with E-state index in [1.165, 1.54) is 23.5 Å². The molecule has 8 heteroatoms. The molecule has 0 aliphatic carbocycles. The van der Waals surface area contributed by atoms with E-state index >= 15 is 0 Å². The van der Waals surface area contributed by atoms with Gasteiger partial charge in [-0.2, -0.15) is 0 Å². The van der Waals surface area contributed by atoms with E-state index in [2.05, 4.69) is 4.98 Å². The summed E-state index contributed by atoms with van der Waals surface area (Å²) in [6.45, 7) is 0. The molecule has 0 unspecified atom stereocenters. The molecular formula is C21H18FNO3S3. The van der Waals surface area contributed by atoms with Crippen molar-refractivity contribution in [3.63, 3.8) is 0 Å². The molecule has 1 fully saturated rings. The molecule has 29 heavy (non-hydrogen) atoms. The van der Waals surface area contributed by atoms with Crippen LogP contribution in [0.3, 0.4) is 0 Å². The molecule has 2 heterocycles. The number of aromatic nitrogens is 1. The Bertz CT molecular complexity index is 1000. The van der Waals surface area contributed by atoms with Crippen LogP contribution in [-0.4, -0.2) is 29.6 Å². The third-order valence-electron chi connectivity index (χ3n) is 4.27. The SMILES string of the molecule is COc1cc(C2SCCS2)ccc1OC(=O)Cc1csc(-c2ccc(F)cc2)n1. The van der Waals surface area contributed by atoms with Gasteiger partial charge in [0, 0.05) is 22.4 Å². The molecule has 4 nitrogen and oxygen atoms in total. The monoisotopic (exact) mass is 447 g/mol. The van der Waals surface area contributed by atoms with Gasteiger partial charge in [-0.1, -0.05) is 6.07 Å². The minimum atomic E-state index is -0.406. The zero-order valence-corrected chi connectivity index (χ0v) is 18.0.